The Hall–Kier alpha value is -0.380. The number of benzene rings is 1. The maximum absolute atomic E-state index is 5.92. The summed E-state index contributed by atoms with van der Waals surface area (Å²) in [4.78, 5) is 0. The van der Waals surface area contributed by atoms with E-state index in [1.165, 1.54) is 31.2 Å². The van der Waals surface area contributed by atoms with Gasteiger partial charge in [-0.1, -0.05) is 47.8 Å². The van der Waals surface area contributed by atoms with Gasteiger partial charge in [0.2, 0.25) is 0 Å². The monoisotopic (exact) mass is 324 g/mol. The zero-order valence-corrected chi connectivity index (χ0v) is 13.3. The summed E-state index contributed by atoms with van der Waals surface area (Å²) in [6, 6.07) is 9.72. The summed E-state index contributed by atoms with van der Waals surface area (Å²) in [5, 5.41) is 3.85. The third kappa shape index (κ3) is 4.04. The molecule has 3 N–H and O–H groups in total. The summed E-state index contributed by atoms with van der Waals surface area (Å²) < 4.78 is 1.14. The fraction of sp³-hybridized carbons (Fsp3) is 0.625. The van der Waals surface area contributed by atoms with E-state index in [2.05, 4.69) is 52.4 Å². The maximum Gasteiger partial charge on any atom is 0.0320 e. The van der Waals surface area contributed by atoms with Crippen LogP contribution in [0.2, 0.25) is 0 Å². The van der Waals surface area contributed by atoms with Crippen molar-refractivity contribution in [2.24, 2.45) is 11.7 Å². The van der Waals surface area contributed by atoms with Gasteiger partial charge >= 0.3 is 0 Å². The van der Waals surface area contributed by atoms with Crippen molar-refractivity contribution in [3.8, 4) is 0 Å². The molecule has 0 heterocycles. The number of rotatable bonds is 5. The van der Waals surface area contributed by atoms with E-state index < -0.39 is 0 Å². The van der Waals surface area contributed by atoms with Gasteiger partial charge in [0.25, 0.3) is 0 Å². The molecule has 1 fully saturated rings. The third-order valence-corrected chi connectivity index (χ3v) is 4.84. The van der Waals surface area contributed by atoms with E-state index in [1.54, 1.807) is 0 Å². The highest BCUT2D eigenvalue weighted by Crippen LogP contribution is 2.27. The van der Waals surface area contributed by atoms with Crippen molar-refractivity contribution in [3.63, 3.8) is 0 Å². The van der Waals surface area contributed by atoms with E-state index in [0.29, 0.717) is 18.0 Å². The molecule has 106 valence electrons. The number of nitrogens with two attached hydrogens (primary N) is 1. The minimum Gasteiger partial charge on any atom is -0.330 e. The van der Waals surface area contributed by atoms with Crippen molar-refractivity contribution in [2.75, 3.05) is 6.54 Å². The molecule has 0 bridgehead atoms. The molecule has 1 aliphatic carbocycles. The molecule has 0 radical (unpaired) electrons. The molecule has 1 aromatic carbocycles. The number of hydrogen-bond acceptors (Lipinski definition) is 2. The lowest BCUT2D eigenvalue weighted by Crippen LogP contribution is -2.43. The zero-order valence-electron chi connectivity index (χ0n) is 11.7. The molecule has 3 atom stereocenters. The summed E-state index contributed by atoms with van der Waals surface area (Å²) in [5.41, 5.74) is 7.30. The first-order chi connectivity index (χ1) is 9.24. The Morgan fingerprint density at radius 3 is 2.58 bits per heavy atom. The molecule has 1 aliphatic rings. The standard InChI is InChI=1S/C16H25BrN2/c1-2-15(12-7-9-14(17)10-8-12)19-16-6-4-3-5-13(16)11-18/h7-10,13,15-16,19H,2-6,11,18H2,1H3. The minimum absolute atomic E-state index is 0.449. The van der Waals surface area contributed by atoms with Gasteiger partial charge in [0, 0.05) is 16.6 Å². The molecule has 1 aromatic rings. The summed E-state index contributed by atoms with van der Waals surface area (Å²) in [6.07, 6.45) is 6.36. The highest BCUT2D eigenvalue weighted by Gasteiger charge is 2.25. The van der Waals surface area contributed by atoms with Gasteiger partial charge in [-0.2, -0.15) is 0 Å². The summed E-state index contributed by atoms with van der Waals surface area (Å²) >= 11 is 3.50. The van der Waals surface area contributed by atoms with Gasteiger partial charge in [0.15, 0.2) is 0 Å². The van der Waals surface area contributed by atoms with Crippen LogP contribution in [0.3, 0.4) is 0 Å². The highest BCUT2D eigenvalue weighted by molar-refractivity contribution is 9.10. The number of nitrogens with one attached hydrogen (secondary N) is 1. The second kappa shape index (κ2) is 7.41. The van der Waals surface area contributed by atoms with Crippen molar-refractivity contribution >= 4 is 15.9 Å². The third-order valence-electron chi connectivity index (χ3n) is 4.31. The predicted octanol–water partition coefficient (Wildman–Crippen LogP) is 4.01. The average Bonchev–Trinajstić information content (AvgIpc) is 2.46. The zero-order chi connectivity index (χ0) is 13.7. The smallest absolute Gasteiger partial charge is 0.0320 e. The van der Waals surface area contributed by atoms with Crippen molar-refractivity contribution < 1.29 is 0 Å². The normalized spacial score (nSPS) is 25.2. The second-order valence-electron chi connectivity index (χ2n) is 5.57. The fourth-order valence-corrected chi connectivity index (χ4v) is 3.38. The molecule has 19 heavy (non-hydrogen) atoms. The van der Waals surface area contributed by atoms with Crippen molar-refractivity contribution in [1.29, 1.82) is 0 Å². The largest absolute Gasteiger partial charge is 0.330 e. The van der Waals surface area contributed by atoms with Crippen LogP contribution in [-0.2, 0) is 0 Å². The molecule has 0 saturated heterocycles. The molecule has 0 amide bonds. The van der Waals surface area contributed by atoms with Crippen LogP contribution in [0.1, 0.15) is 50.6 Å². The van der Waals surface area contributed by atoms with Crippen molar-refractivity contribution in [2.45, 2.75) is 51.1 Å². The molecule has 3 unspecified atom stereocenters. The van der Waals surface area contributed by atoms with Crippen molar-refractivity contribution in [1.82, 2.24) is 5.32 Å². The van der Waals surface area contributed by atoms with Crippen LogP contribution in [0.5, 0.6) is 0 Å². The Morgan fingerprint density at radius 2 is 1.95 bits per heavy atom. The lowest BCUT2D eigenvalue weighted by molar-refractivity contribution is 0.245. The van der Waals surface area contributed by atoms with E-state index in [1.807, 2.05) is 0 Å². The van der Waals surface area contributed by atoms with Crippen LogP contribution in [0.15, 0.2) is 28.7 Å². The second-order valence-corrected chi connectivity index (χ2v) is 6.48. The van der Waals surface area contributed by atoms with Gasteiger partial charge in [0.1, 0.15) is 0 Å². The van der Waals surface area contributed by atoms with Crippen LogP contribution in [0, 0.1) is 5.92 Å². The first-order valence-corrected chi connectivity index (χ1v) is 8.25. The van der Waals surface area contributed by atoms with E-state index in [4.69, 9.17) is 5.73 Å². The Bertz CT molecular complexity index is 377. The van der Waals surface area contributed by atoms with E-state index in [0.717, 1.165) is 17.4 Å². The van der Waals surface area contributed by atoms with Crippen LogP contribution in [-0.4, -0.2) is 12.6 Å². The number of halogens is 1. The Labute approximate surface area is 125 Å². The molecular formula is C16H25BrN2. The minimum atomic E-state index is 0.449. The van der Waals surface area contributed by atoms with Gasteiger partial charge in [-0.15, -0.1) is 0 Å². The van der Waals surface area contributed by atoms with Crippen LogP contribution in [0.4, 0.5) is 0 Å². The molecule has 3 heteroatoms. The molecular weight excluding hydrogens is 300 g/mol. The van der Waals surface area contributed by atoms with Gasteiger partial charge in [-0.3, -0.25) is 0 Å². The summed E-state index contributed by atoms with van der Waals surface area (Å²) in [5.74, 6) is 0.651. The Morgan fingerprint density at radius 1 is 1.26 bits per heavy atom. The Kier molecular flexibility index (Phi) is 5.86. The fourth-order valence-electron chi connectivity index (χ4n) is 3.11. The van der Waals surface area contributed by atoms with Crippen LogP contribution < -0.4 is 11.1 Å². The van der Waals surface area contributed by atoms with Gasteiger partial charge in [-0.25, -0.2) is 0 Å². The SMILES string of the molecule is CCC(NC1CCCCC1CN)c1ccc(Br)cc1. The number of hydrogen-bond donors (Lipinski definition) is 2. The summed E-state index contributed by atoms with van der Waals surface area (Å²) in [6.45, 7) is 3.06. The van der Waals surface area contributed by atoms with Gasteiger partial charge < -0.3 is 11.1 Å². The molecule has 2 rings (SSSR count). The van der Waals surface area contributed by atoms with Crippen LogP contribution >= 0.6 is 15.9 Å². The first kappa shape index (κ1) is 15.0. The van der Waals surface area contributed by atoms with Crippen LogP contribution in [0.25, 0.3) is 0 Å². The van der Waals surface area contributed by atoms with Gasteiger partial charge in [0.05, 0.1) is 0 Å². The quantitative estimate of drug-likeness (QED) is 0.858. The first-order valence-electron chi connectivity index (χ1n) is 7.46. The summed E-state index contributed by atoms with van der Waals surface area (Å²) in [7, 11) is 0. The van der Waals surface area contributed by atoms with E-state index >= 15 is 0 Å². The molecule has 1 saturated carbocycles. The Balaban J connectivity index is 2.03. The molecule has 0 aromatic heterocycles. The maximum atomic E-state index is 5.92. The molecule has 0 spiro atoms. The average molecular weight is 325 g/mol. The predicted molar refractivity (Wildman–Crippen MR) is 85.1 cm³/mol. The lowest BCUT2D eigenvalue weighted by Gasteiger charge is -2.34. The topological polar surface area (TPSA) is 38.0 Å². The lowest BCUT2D eigenvalue weighted by atomic mass is 9.83. The van der Waals surface area contributed by atoms with Crippen molar-refractivity contribution in [3.05, 3.63) is 34.3 Å². The molecule has 2 nitrogen and oxygen atoms in total. The van der Waals surface area contributed by atoms with Gasteiger partial charge in [-0.05, 0) is 49.4 Å². The highest BCUT2D eigenvalue weighted by atomic mass is 79.9. The van der Waals surface area contributed by atoms with E-state index in [9.17, 15) is 0 Å². The molecule has 0 aliphatic heterocycles. The van der Waals surface area contributed by atoms with E-state index in [-0.39, 0.29) is 0 Å².